The number of benzene rings is 1. The average molecular weight is 210 g/mol. The number of nitrogens with one attached hydrogen (secondary N) is 1. The third-order valence-electron chi connectivity index (χ3n) is 2.08. The van der Waals surface area contributed by atoms with Crippen LogP contribution in [0.2, 0.25) is 0 Å². The zero-order valence-electron chi connectivity index (χ0n) is 9.70. The van der Waals surface area contributed by atoms with Crippen molar-refractivity contribution in [2.24, 2.45) is 0 Å². The number of nitrogens with zero attached hydrogens (tertiary/aromatic N) is 1. The molecule has 0 saturated heterocycles. The monoisotopic (exact) mass is 210 g/mol. The predicted octanol–water partition coefficient (Wildman–Crippen LogP) is 1.27. The molecule has 0 spiro atoms. The van der Waals surface area contributed by atoms with E-state index in [0.29, 0.717) is 0 Å². The van der Waals surface area contributed by atoms with Crippen LogP contribution in [0, 0.1) is 0 Å². The molecule has 0 radical (unpaired) electrons. The van der Waals surface area contributed by atoms with E-state index >= 15 is 0 Å². The van der Waals surface area contributed by atoms with Gasteiger partial charge in [-0.05, 0) is 6.07 Å². The van der Waals surface area contributed by atoms with Gasteiger partial charge in [0.2, 0.25) is 0 Å². The Balaban J connectivity index is 2.78. The normalized spacial score (nSPS) is 10.5. The summed E-state index contributed by atoms with van der Waals surface area (Å²) in [6.07, 6.45) is 0. The van der Waals surface area contributed by atoms with E-state index in [9.17, 15) is 0 Å². The van der Waals surface area contributed by atoms with Crippen LogP contribution in [0.1, 0.15) is 5.56 Å². The highest BCUT2D eigenvalue weighted by atomic mass is 16.5. The molecule has 0 aliphatic heterocycles. The van der Waals surface area contributed by atoms with Gasteiger partial charge in [0.05, 0.1) is 14.2 Å². The highest BCUT2D eigenvalue weighted by molar-refractivity contribution is 5.40. The number of hydrogen-bond donors (Lipinski definition) is 1. The average Bonchev–Trinajstić information content (AvgIpc) is 2.25. The highest BCUT2D eigenvalue weighted by Gasteiger charge is 2.04. The molecule has 0 aliphatic rings. The Morgan fingerprint density at radius 2 is 1.93 bits per heavy atom. The molecule has 1 N–H and O–H groups in total. The van der Waals surface area contributed by atoms with Gasteiger partial charge in [-0.3, -0.25) is 10.4 Å². The van der Waals surface area contributed by atoms with E-state index in [0.717, 1.165) is 23.6 Å². The summed E-state index contributed by atoms with van der Waals surface area (Å²) < 4.78 is 10.4. The van der Waals surface area contributed by atoms with Gasteiger partial charge in [-0.1, -0.05) is 6.07 Å². The second-order valence-electron chi connectivity index (χ2n) is 3.41. The first-order valence-electron chi connectivity index (χ1n) is 4.79. The minimum Gasteiger partial charge on any atom is -0.497 e. The Morgan fingerprint density at radius 1 is 1.20 bits per heavy atom. The van der Waals surface area contributed by atoms with Crippen molar-refractivity contribution in [3.05, 3.63) is 23.8 Å². The molecule has 0 saturated carbocycles. The van der Waals surface area contributed by atoms with Gasteiger partial charge in [-0.2, -0.15) is 0 Å². The molecule has 0 bridgehead atoms. The Morgan fingerprint density at radius 3 is 2.47 bits per heavy atom. The molecule has 0 heterocycles. The molecule has 4 heteroatoms. The van der Waals surface area contributed by atoms with E-state index in [1.807, 2.05) is 37.3 Å². The summed E-state index contributed by atoms with van der Waals surface area (Å²) in [6.45, 7) is 0.736. The van der Waals surface area contributed by atoms with Crippen LogP contribution in [-0.2, 0) is 6.54 Å². The summed E-state index contributed by atoms with van der Waals surface area (Å²) in [5, 5.41) is 1.91. The maximum absolute atomic E-state index is 5.28. The second-order valence-corrected chi connectivity index (χ2v) is 3.41. The van der Waals surface area contributed by atoms with E-state index in [2.05, 4.69) is 5.43 Å². The van der Waals surface area contributed by atoms with Gasteiger partial charge in [0.25, 0.3) is 0 Å². The molecule has 15 heavy (non-hydrogen) atoms. The van der Waals surface area contributed by atoms with Gasteiger partial charge in [0, 0.05) is 32.3 Å². The largest absolute Gasteiger partial charge is 0.497 e. The topological polar surface area (TPSA) is 33.7 Å². The van der Waals surface area contributed by atoms with Gasteiger partial charge in [-0.15, -0.1) is 0 Å². The molecule has 84 valence electrons. The predicted molar refractivity (Wildman–Crippen MR) is 60.1 cm³/mol. The van der Waals surface area contributed by atoms with Crippen LogP contribution in [-0.4, -0.2) is 33.3 Å². The van der Waals surface area contributed by atoms with Crippen LogP contribution < -0.4 is 14.9 Å². The summed E-state index contributed by atoms with van der Waals surface area (Å²) in [6, 6.07) is 5.80. The van der Waals surface area contributed by atoms with E-state index in [1.165, 1.54) is 0 Å². The number of hydrogen-bond acceptors (Lipinski definition) is 4. The lowest BCUT2D eigenvalue weighted by atomic mass is 10.2. The first-order valence-corrected chi connectivity index (χ1v) is 4.79. The van der Waals surface area contributed by atoms with Gasteiger partial charge in [0.15, 0.2) is 0 Å². The highest BCUT2D eigenvalue weighted by Crippen LogP contribution is 2.24. The van der Waals surface area contributed by atoms with Crippen molar-refractivity contribution < 1.29 is 9.47 Å². The lowest BCUT2D eigenvalue weighted by Gasteiger charge is -2.14. The summed E-state index contributed by atoms with van der Waals surface area (Å²) >= 11 is 0. The van der Waals surface area contributed by atoms with Crippen LogP contribution in [0.4, 0.5) is 0 Å². The van der Waals surface area contributed by atoms with Crippen LogP contribution in [0.25, 0.3) is 0 Å². The molecular weight excluding hydrogens is 192 g/mol. The summed E-state index contributed by atoms with van der Waals surface area (Å²) in [5.74, 6) is 1.64. The first kappa shape index (κ1) is 11.8. The molecule has 0 atom stereocenters. The minimum atomic E-state index is 0.736. The van der Waals surface area contributed by atoms with Crippen molar-refractivity contribution in [1.82, 2.24) is 10.4 Å². The lowest BCUT2D eigenvalue weighted by molar-refractivity contribution is 0.282. The van der Waals surface area contributed by atoms with E-state index in [1.54, 1.807) is 14.2 Å². The Kier molecular flexibility index (Phi) is 4.39. The van der Waals surface area contributed by atoms with Crippen LogP contribution in [0.15, 0.2) is 18.2 Å². The molecule has 1 aromatic carbocycles. The molecule has 0 aromatic heterocycles. The van der Waals surface area contributed by atoms with Gasteiger partial charge in [0.1, 0.15) is 11.5 Å². The molecule has 0 unspecified atom stereocenters. The smallest absolute Gasteiger partial charge is 0.127 e. The van der Waals surface area contributed by atoms with Crippen molar-refractivity contribution in [2.45, 2.75) is 6.54 Å². The van der Waals surface area contributed by atoms with Crippen LogP contribution in [0.3, 0.4) is 0 Å². The Labute approximate surface area is 90.8 Å². The quantitative estimate of drug-likeness (QED) is 0.742. The fraction of sp³-hybridized carbons (Fsp3) is 0.455. The summed E-state index contributed by atoms with van der Waals surface area (Å²) in [4.78, 5) is 0. The van der Waals surface area contributed by atoms with Gasteiger partial charge < -0.3 is 9.47 Å². The summed E-state index contributed by atoms with van der Waals surface area (Å²) in [5.41, 5.74) is 4.29. The number of hydrazine groups is 1. The zero-order valence-corrected chi connectivity index (χ0v) is 9.70. The molecule has 0 fully saturated rings. The van der Waals surface area contributed by atoms with Crippen LogP contribution in [0.5, 0.6) is 11.5 Å². The fourth-order valence-corrected chi connectivity index (χ4v) is 1.24. The Bertz CT molecular complexity index is 313. The SMILES string of the molecule is COc1ccc(CNN(C)C)c(OC)c1. The molecule has 0 amide bonds. The Hall–Kier alpha value is -1.26. The minimum absolute atomic E-state index is 0.736. The van der Waals surface area contributed by atoms with E-state index in [-0.39, 0.29) is 0 Å². The van der Waals surface area contributed by atoms with Gasteiger partial charge >= 0.3 is 0 Å². The molecule has 1 rings (SSSR count). The van der Waals surface area contributed by atoms with E-state index < -0.39 is 0 Å². The first-order chi connectivity index (χ1) is 7.17. The van der Waals surface area contributed by atoms with Crippen molar-refractivity contribution in [3.63, 3.8) is 0 Å². The fourth-order valence-electron chi connectivity index (χ4n) is 1.24. The lowest BCUT2D eigenvalue weighted by Crippen LogP contribution is -2.29. The third kappa shape index (κ3) is 3.42. The van der Waals surface area contributed by atoms with Crippen molar-refractivity contribution in [1.29, 1.82) is 0 Å². The zero-order chi connectivity index (χ0) is 11.3. The second kappa shape index (κ2) is 5.58. The maximum Gasteiger partial charge on any atom is 0.127 e. The standard InChI is InChI=1S/C11H18N2O2/c1-13(2)12-8-9-5-6-10(14-3)7-11(9)15-4/h5-7,12H,8H2,1-4H3. The van der Waals surface area contributed by atoms with Crippen LogP contribution >= 0.6 is 0 Å². The maximum atomic E-state index is 5.28. The molecule has 1 aromatic rings. The van der Waals surface area contributed by atoms with Crippen molar-refractivity contribution in [3.8, 4) is 11.5 Å². The number of methoxy groups -OCH3 is 2. The van der Waals surface area contributed by atoms with Crippen molar-refractivity contribution in [2.75, 3.05) is 28.3 Å². The molecule has 0 aliphatic carbocycles. The molecule has 4 nitrogen and oxygen atoms in total. The number of ether oxygens (including phenoxy) is 2. The molecular formula is C11H18N2O2. The van der Waals surface area contributed by atoms with Crippen molar-refractivity contribution >= 4 is 0 Å². The van der Waals surface area contributed by atoms with Gasteiger partial charge in [-0.25, -0.2) is 0 Å². The third-order valence-corrected chi connectivity index (χ3v) is 2.08. The summed E-state index contributed by atoms with van der Waals surface area (Å²) in [7, 11) is 7.21. The van der Waals surface area contributed by atoms with E-state index in [4.69, 9.17) is 9.47 Å². The number of rotatable bonds is 5.